The molecule has 1 unspecified atom stereocenters. The molecular formula is C14H18N4S. The Kier molecular flexibility index (Phi) is 3.84. The molecule has 0 radical (unpaired) electrons. The third-order valence-electron chi connectivity index (χ3n) is 3.52. The van der Waals surface area contributed by atoms with Crippen molar-refractivity contribution >= 4 is 11.8 Å². The highest BCUT2D eigenvalue weighted by Crippen LogP contribution is 2.31. The smallest absolute Gasteiger partial charge is 0.146 e. The van der Waals surface area contributed by atoms with Crippen molar-refractivity contribution < 1.29 is 0 Å². The van der Waals surface area contributed by atoms with Gasteiger partial charge in [0.25, 0.3) is 0 Å². The lowest BCUT2D eigenvalue weighted by atomic mass is 10.0. The van der Waals surface area contributed by atoms with Crippen molar-refractivity contribution in [1.82, 2.24) is 20.1 Å². The van der Waals surface area contributed by atoms with Crippen LogP contribution in [-0.4, -0.2) is 20.5 Å². The van der Waals surface area contributed by atoms with Gasteiger partial charge in [0, 0.05) is 24.1 Å². The maximum Gasteiger partial charge on any atom is 0.146 e. The van der Waals surface area contributed by atoms with Crippen LogP contribution in [0, 0.1) is 0 Å². The molecule has 0 saturated carbocycles. The molecule has 3 rings (SSSR count). The topological polar surface area (TPSA) is 42.7 Å². The highest BCUT2D eigenvalue weighted by molar-refractivity contribution is 7.98. The van der Waals surface area contributed by atoms with Crippen molar-refractivity contribution in [3.63, 3.8) is 0 Å². The molecule has 0 aliphatic carbocycles. The lowest BCUT2D eigenvalue weighted by Gasteiger charge is -2.26. The lowest BCUT2D eigenvalue weighted by molar-refractivity contribution is 0.540. The van der Waals surface area contributed by atoms with Gasteiger partial charge in [0.05, 0.1) is 6.54 Å². The van der Waals surface area contributed by atoms with Gasteiger partial charge in [0.2, 0.25) is 0 Å². The molecule has 1 aliphatic rings. The molecule has 0 bridgehead atoms. The summed E-state index contributed by atoms with van der Waals surface area (Å²) in [6, 6.07) is 9.12. The summed E-state index contributed by atoms with van der Waals surface area (Å²) in [5.41, 5.74) is 2.89. The molecule has 1 aliphatic heterocycles. The molecule has 5 heteroatoms. The maximum absolute atomic E-state index is 4.17. The number of hydrogen-bond donors (Lipinski definition) is 1. The van der Waals surface area contributed by atoms with E-state index in [0.29, 0.717) is 6.04 Å². The minimum Gasteiger partial charge on any atom is -0.317 e. The van der Waals surface area contributed by atoms with E-state index in [1.165, 1.54) is 11.1 Å². The molecule has 0 saturated heterocycles. The second-order valence-electron chi connectivity index (χ2n) is 4.68. The van der Waals surface area contributed by atoms with Crippen molar-refractivity contribution in [2.24, 2.45) is 0 Å². The molecule has 1 atom stereocenters. The minimum absolute atomic E-state index is 0.414. The fraction of sp³-hybridized carbons (Fsp3) is 0.429. The van der Waals surface area contributed by atoms with Crippen LogP contribution in [0.1, 0.15) is 29.9 Å². The first-order chi connectivity index (χ1) is 9.38. The summed E-state index contributed by atoms with van der Waals surface area (Å²) >= 11 is 1.99. The molecule has 0 fully saturated rings. The molecular weight excluding hydrogens is 256 g/mol. The van der Waals surface area contributed by atoms with Gasteiger partial charge < -0.3 is 9.88 Å². The molecule has 2 aromatic rings. The fourth-order valence-electron chi connectivity index (χ4n) is 2.45. The quantitative estimate of drug-likeness (QED) is 0.929. The fourth-order valence-corrected chi connectivity index (χ4v) is 3.58. The van der Waals surface area contributed by atoms with Gasteiger partial charge in [-0.05, 0) is 18.1 Å². The third kappa shape index (κ3) is 2.67. The van der Waals surface area contributed by atoms with E-state index in [1.54, 1.807) is 6.33 Å². The molecule has 19 heavy (non-hydrogen) atoms. The molecule has 1 aromatic heterocycles. The van der Waals surface area contributed by atoms with Gasteiger partial charge in [-0.1, -0.05) is 24.3 Å². The van der Waals surface area contributed by atoms with E-state index in [1.807, 2.05) is 11.8 Å². The molecule has 0 amide bonds. The summed E-state index contributed by atoms with van der Waals surface area (Å²) in [5.74, 6) is 3.26. The van der Waals surface area contributed by atoms with Gasteiger partial charge in [-0.15, -0.1) is 10.2 Å². The first-order valence-corrected chi connectivity index (χ1v) is 7.79. The highest BCUT2D eigenvalue weighted by Gasteiger charge is 2.20. The average Bonchev–Trinajstić information content (AvgIpc) is 2.92. The second-order valence-corrected chi connectivity index (χ2v) is 5.71. The SMILES string of the molecule is CCn1cnnc1CNC1CSCc2ccccc21. The van der Waals surface area contributed by atoms with Gasteiger partial charge in [0.1, 0.15) is 12.2 Å². The number of benzene rings is 1. The van der Waals surface area contributed by atoms with Gasteiger partial charge in [0.15, 0.2) is 0 Å². The predicted molar refractivity (Wildman–Crippen MR) is 77.9 cm³/mol. The number of nitrogens with zero attached hydrogens (tertiary/aromatic N) is 3. The van der Waals surface area contributed by atoms with Crippen molar-refractivity contribution in [2.75, 3.05) is 5.75 Å². The second kappa shape index (κ2) is 5.75. The van der Waals surface area contributed by atoms with E-state index in [4.69, 9.17) is 0 Å². The molecule has 4 nitrogen and oxygen atoms in total. The highest BCUT2D eigenvalue weighted by atomic mass is 32.2. The summed E-state index contributed by atoms with van der Waals surface area (Å²) < 4.78 is 2.08. The number of fused-ring (bicyclic) bond motifs is 1. The van der Waals surface area contributed by atoms with Crippen LogP contribution in [0.25, 0.3) is 0 Å². The Labute approximate surface area is 117 Å². The van der Waals surface area contributed by atoms with Crippen LogP contribution in [0.2, 0.25) is 0 Å². The van der Waals surface area contributed by atoms with Gasteiger partial charge in [-0.2, -0.15) is 11.8 Å². The first kappa shape index (κ1) is 12.7. The Balaban J connectivity index is 1.71. The zero-order chi connectivity index (χ0) is 13.1. The zero-order valence-electron chi connectivity index (χ0n) is 11.0. The summed E-state index contributed by atoms with van der Waals surface area (Å²) in [5, 5.41) is 11.8. The molecule has 2 heterocycles. The van der Waals surface area contributed by atoms with Crippen molar-refractivity contribution in [2.45, 2.75) is 31.8 Å². The number of nitrogens with one attached hydrogen (secondary N) is 1. The van der Waals surface area contributed by atoms with Crippen LogP contribution < -0.4 is 5.32 Å². The number of rotatable bonds is 4. The van der Waals surface area contributed by atoms with Crippen LogP contribution in [0.15, 0.2) is 30.6 Å². The first-order valence-electron chi connectivity index (χ1n) is 6.64. The predicted octanol–water partition coefficient (Wildman–Crippen LogP) is 2.38. The van der Waals surface area contributed by atoms with Crippen molar-refractivity contribution in [3.8, 4) is 0 Å². The monoisotopic (exact) mass is 274 g/mol. The summed E-state index contributed by atoms with van der Waals surface area (Å²) in [6.45, 7) is 3.80. The van der Waals surface area contributed by atoms with Crippen molar-refractivity contribution in [3.05, 3.63) is 47.5 Å². The van der Waals surface area contributed by atoms with Gasteiger partial charge in [-0.3, -0.25) is 0 Å². The number of thioether (sulfide) groups is 1. The van der Waals surface area contributed by atoms with Crippen LogP contribution in [0.5, 0.6) is 0 Å². The van der Waals surface area contributed by atoms with E-state index >= 15 is 0 Å². The van der Waals surface area contributed by atoms with Crippen molar-refractivity contribution in [1.29, 1.82) is 0 Å². The van der Waals surface area contributed by atoms with E-state index in [0.717, 1.165) is 30.4 Å². The van der Waals surface area contributed by atoms with Gasteiger partial charge in [-0.25, -0.2) is 0 Å². The van der Waals surface area contributed by atoms with Gasteiger partial charge >= 0.3 is 0 Å². The summed E-state index contributed by atoms with van der Waals surface area (Å²) in [4.78, 5) is 0. The average molecular weight is 274 g/mol. The Morgan fingerprint density at radius 3 is 3.21 bits per heavy atom. The number of hydrogen-bond acceptors (Lipinski definition) is 4. The Morgan fingerprint density at radius 1 is 1.42 bits per heavy atom. The normalized spacial score (nSPS) is 18.3. The molecule has 1 N–H and O–H groups in total. The van der Waals surface area contributed by atoms with E-state index in [-0.39, 0.29) is 0 Å². The standard InChI is InChI=1S/C14H18N4S/c1-2-18-10-16-17-14(18)7-15-13-9-19-8-11-5-3-4-6-12(11)13/h3-6,10,13,15H,2,7-9H2,1H3. The molecule has 0 spiro atoms. The largest absolute Gasteiger partial charge is 0.317 e. The Hall–Kier alpha value is -1.33. The number of aromatic nitrogens is 3. The number of aryl methyl sites for hydroxylation is 1. The molecule has 100 valence electrons. The summed E-state index contributed by atoms with van der Waals surface area (Å²) in [7, 11) is 0. The van der Waals surface area contributed by atoms with Crippen LogP contribution in [0.3, 0.4) is 0 Å². The van der Waals surface area contributed by atoms with Crippen LogP contribution >= 0.6 is 11.8 Å². The zero-order valence-corrected chi connectivity index (χ0v) is 11.9. The Bertz CT molecular complexity index is 552. The third-order valence-corrected chi connectivity index (χ3v) is 4.60. The lowest BCUT2D eigenvalue weighted by Crippen LogP contribution is -2.27. The van der Waals surface area contributed by atoms with Crippen LogP contribution in [-0.2, 0) is 18.8 Å². The Morgan fingerprint density at radius 2 is 2.32 bits per heavy atom. The maximum atomic E-state index is 4.17. The van der Waals surface area contributed by atoms with E-state index in [9.17, 15) is 0 Å². The molecule has 1 aromatic carbocycles. The van der Waals surface area contributed by atoms with Crippen LogP contribution in [0.4, 0.5) is 0 Å². The van der Waals surface area contributed by atoms with E-state index in [2.05, 4.69) is 51.3 Å². The minimum atomic E-state index is 0.414. The van der Waals surface area contributed by atoms with E-state index < -0.39 is 0 Å². The summed E-state index contributed by atoms with van der Waals surface area (Å²) in [6.07, 6.45) is 1.79.